The number of amides is 1. The van der Waals surface area contributed by atoms with E-state index in [9.17, 15) is 4.79 Å². The van der Waals surface area contributed by atoms with E-state index in [1.807, 2.05) is 36.5 Å². The lowest BCUT2D eigenvalue weighted by Crippen LogP contribution is -2.11. The summed E-state index contributed by atoms with van der Waals surface area (Å²) in [4.78, 5) is 11.7. The van der Waals surface area contributed by atoms with Gasteiger partial charge in [0.2, 0.25) is 5.91 Å². The molecule has 2 aromatic rings. The largest absolute Gasteiger partial charge is 0.326 e. The smallest absolute Gasteiger partial charge is 0.224 e. The molecule has 0 aliphatic heterocycles. The maximum atomic E-state index is 11.7. The van der Waals surface area contributed by atoms with Gasteiger partial charge in [0.1, 0.15) is 0 Å². The SMILES string of the molecule is O=C(CCCCBr)Nc1cccc(-n2cccn2)c1. The number of unbranched alkanes of at least 4 members (excludes halogenated alkanes) is 1. The van der Waals surface area contributed by atoms with E-state index in [2.05, 4.69) is 26.3 Å². The molecule has 1 aromatic heterocycles. The van der Waals surface area contributed by atoms with Gasteiger partial charge < -0.3 is 5.32 Å². The molecule has 1 aromatic carbocycles. The third kappa shape index (κ3) is 4.21. The number of nitrogens with one attached hydrogen (secondary N) is 1. The zero-order valence-corrected chi connectivity index (χ0v) is 12.1. The maximum Gasteiger partial charge on any atom is 0.224 e. The van der Waals surface area contributed by atoms with Gasteiger partial charge in [0.05, 0.1) is 5.69 Å². The lowest BCUT2D eigenvalue weighted by Gasteiger charge is -2.07. The molecule has 0 unspecified atom stereocenters. The van der Waals surface area contributed by atoms with Crippen molar-refractivity contribution in [2.45, 2.75) is 19.3 Å². The Labute approximate surface area is 120 Å². The van der Waals surface area contributed by atoms with Gasteiger partial charge in [-0.3, -0.25) is 4.79 Å². The van der Waals surface area contributed by atoms with Gasteiger partial charge in [-0.1, -0.05) is 22.0 Å². The average molecular weight is 322 g/mol. The van der Waals surface area contributed by atoms with Gasteiger partial charge in [-0.25, -0.2) is 4.68 Å². The van der Waals surface area contributed by atoms with Gasteiger partial charge in [0, 0.05) is 29.8 Å². The second-order valence-corrected chi connectivity index (χ2v) is 4.99. The van der Waals surface area contributed by atoms with Gasteiger partial charge >= 0.3 is 0 Å². The first-order valence-corrected chi connectivity index (χ1v) is 7.37. The molecule has 2 rings (SSSR count). The molecular weight excluding hydrogens is 306 g/mol. The quantitative estimate of drug-likeness (QED) is 0.655. The standard InChI is InChI=1S/C14H16BrN3O/c15-8-2-1-7-14(19)17-12-5-3-6-13(11-12)18-10-4-9-16-18/h3-6,9-11H,1-2,7-8H2,(H,17,19). The van der Waals surface area contributed by atoms with Crippen molar-refractivity contribution in [1.82, 2.24) is 9.78 Å². The van der Waals surface area contributed by atoms with Crippen molar-refractivity contribution in [3.05, 3.63) is 42.7 Å². The Kier molecular flexibility index (Phi) is 5.15. The number of hydrogen-bond acceptors (Lipinski definition) is 2. The van der Waals surface area contributed by atoms with E-state index in [0.717, 1.165) is 29.5 Å². The van der Waals surface area contributed by atoms with Gasteiger partial charge in [-0.05, 0) is 37.1 Å². The Bertz CT molecular complexity index is 525. The third-order valence-corrected chi connectivity index (χ3v) is 3.25. The second kappa shape index (κ2) is 7.09. The molecular formula is C14H16BrN3O. The monoisotopic (exact) mass is 321 g/mol. The minimum absolute atomic E-state index is 0.0542. The molecule has 0 fully saturated rings. The number of alkyl halides is 1. The predicted octanol–water partition coefficient (Wildman–Crippen LogP) is 3.38. The Hall–Kier alpha value is -1.62. The van der Waals surface area contributed by atoms with Crippen LogP contribution >= 0.6 is 15.9 Å². The van der Waals surface area contributed by atoms with Crippen molar-refractivity contribution in [3.8, 4) is 5.69 Å². The van der Waals surface area contributed by atoms with Crippen LogP contribution in [-0.4, -0.2) is 21.0 Å². The topological polar surface area (TPSA) is 46.9 Å². The fourth-order valence-corrected chi connectivity index (χ4v) is 2.15. The van der Waals surface area contributed by atoms with Gasteiger partial charge in [-0.2, -0.15) is 5.10 Å². The van der Waals surface area contributed by atoms with E-state index in [4.69, 9.17) is 0 Å². The molecule has 0 spiro atoms. The molecule has 0 bridgehead atoms. The van der Waals surface area contributed by atoms with E-state index in [-0.39, 0.29) is 5.91 Å². The summed E-state index contributed by atoms with van der Waals surface area (Å²) in [6.07, 6.45) is 6.07. The Balaban J connectivity index is 1.97. The number of rotatable bonds is 6. The second-order valence-electron chi connectivity index (χ2n) is 4.20. The molecule has 1 heterocycles. The molecule has 5 heteroatoms. The molecule has 0 radical (unpaired) electrons. The molecule has 1 amide bonds. The first-order chi connectivity index (χ1) is 9.29. The fourth-order valence-electron chi connectivity index (χ4n) is 1.75. The van der Waals surface area contributed by atoms with Crippen LogP contribution in [0.4, 0.5) is 5.69 Å². The number of hydrogen-bond donors (Lipinski definition) is 1. The maximum absolute atomic E-state index is 11.7. The number of nitrogens with zero attached hydrogens (tertiary/aromatic N) is 2. The molecule has 0 saturated heterocycles. The highest BCUT2D eigenvalue weighted by molar-refractivity contribution is 9.09. The summed E-state index contributed by atoms with van der Waals surface area (Å²) >= 11 is 3.36. The minimum Gasteiger partial charge on any atom is -0.326 e. The van der Waals surface area contributed by atoms with Crippen molar-refractivity contribution in [2.24, 2.45) is 0 Å². The molecule has 0 aliphatic rings. The summed E-state index contributed by atoms with van der Waals surface area (Å²) < 4.78 is 1.76. The number of halogens is 1. The number of aromatic nitrogens is 2. The van der Waals surface area contributed by atoms with Crippen molar-refractivity contribution >= 4 is 27.5 Å². The van der Waals surface area contributed by atoms with Crippen LogP contribution in [0.2, 0.25) is 0 Å². The normalized spacial score (nSPS) is 10.4. The van der Waals surface area contributed by atoms with Crippen LogP contribution in [0.1, 0.15) is 19.3 Å². The molecule has 19 heavy (non-hydrogen) atoms. The van der Waals surface area contributed by atoms with Crippen LogP contribution in [0.25, 0.3) is 5.69 Å². The number of benzene rings is 1. The first kappa shape index (κ1) is 13.8. The summed E-state index contributed by atoms with van der Waals surface area (Å²) in [6.45, 7) is 0. The van der Waals surface area contributed by atoms with Crippen LogP contribution in [0.3, 0.4) is 0 Å². The van der Waals surface area contributed by atoms with Crippen LogP contribution in [0.5, 0.6) is 0 Å². The molecule has 0 aliphatic carbocycles. The molecule has 0 saturated carbocycles. The van der Waals surface area contributed by atoms with E-state index in [1.54, 1.807) is 10.9 Å². The van der Waals surface area contributed by atoms with Crippen molar-refractivity contribution in [1.29, 1.82) is 0 Å². The van der Waals surface area contributed by atoms with Crippen LogP contribution < -0.4 is 5.32 Å². The van der Waals surface area contributed by atoms with Crippen molar-refractivity contribution in [2.75, 3.05) is 10.6 Å². The van der Waals surface area contributed by atoms with E-state index >= 15 is 0 Å². The van der Waals surface area contributed by atoms with E-state index in [1.165, 1.54) is 0 Å². The zero-order valence-electron chi connectivity index (χ0n) is 10.6. The summed E-state index contributed by atoms with van der Waals surface area (Å²) in [7, 11) is 0. The van der Waals surface area contributed by atoms with Gasteiger partial charge in [-0.15, -0.1) is 0 Å². The van der Waals surface area contributed by atoms with Crippen LogP contribution in [0, 0.1) is 0 Å². The molecule has 4 nitrogen and oxygen atoms in total. The van der Waals surface area contributed by atoms with Crippen LogP contribution in [-0.2, 0) is 4.79 Å². The Morgan fingerprint density at radius 3 is 2.95 bits per heavy atom. The molecule has 0 atom stereocenters. The summed E-state index contributed by atoms with van der Waals surface area (Å²) in [5.41, 5.74) is 1.74. The number of carbonyl (C=O) groups excluding carboxylic acids is 1. The third-order valence-electron chi connectivity index (χ3n) is 2.69. The van der Waals surface area contributed by atoms with E-state index in [0.29, 0.717) is 6.42 Å². The lowest BCUT2D eigenvalue weighted by atomic mass is 10.2. The molecule has 1 N–H and O–H groups in total. The predicted molar refractivity (Wildman–Crippen MR) is 79.8 cm³/mol. The lowest BCUT2D eigenvalue weighted by molar-refractivity contribution is -0.116. The zero-order chi connectivity index (χ0) is 13.5. The number of anilines is 1. The fraction of sp³-hybridized carbons (Fsp3) is 0.286. The highest BCUT2D eigenvalue weighted by Gasteiger charge is 2.03. The van der Waals surface area contributed by atoms with Crippen LogP contribution in [0.15, 0.2) is 42.7 Å². The highest BCUT2D eigenvalue weighted by atomic mass is 79.9. The summed E-state index contributed by atoms with van der Waals surface area (Å²) in [6, 6.07) is 9.52. The number of carbonyl (C=O) groups is 1. The summed E-state index contributed by atoms with van der Waals surface area (Å²) in [5, 5.41) is 8.01. The van der Waals surface area contributed by atoms with Gasteiger partial charge in [0.25, 0.3) is 0 Å². The van der Waals surface area contributed by atoms with Crippen molar-refractivity contribution in [3.63, 3.8) is 0 Å². The highest BCUT2D eigenvalue weighted by Crippen LogP contribution is 2.14. The first-order valence-electron chi connectivity index (χ1n) is 6.25. The Morgan fingerprint density at radius 2 is 2.21 bits per heavy atom. The van der Waals surface area contributed by atoms with E-state index < -0.39 is 0 Å². The average Bonchev–Trinajstić information content (AvgIpc) is 2.93. The van der Waals surface area contributed by atoms with Gasteiger partial charge in [0.15, 0.2) is 0 Å². The minimum atomic E-state index is 0.0542. The van der Waals surface area contributed by atoms with Crippen molar-refractivity contribution < 1.29 is 4.79 Å². The molecule has 100 valence electrons. The Morgan fingerprint density at radius 1 is 1.32 bits per heavy atom. The summed E-state index contributed by atoms with van der Waals surface area (Å²) in [5.74, 6) is 0.0542.